The minimum atomic E-state index is -0.362. The van der Waals surface area contributed by atoms with Crippen LogP contribution < -0.4 is 10.6 Å². The van der Waals surface area contributed by atoms with E-state index in [1.807, 2.05) is 24.3 Å². The molecule has 3 aromatic rings. The molecule has 4 bridgehead atoms. The highest BCUT2D eigenvalue weighted by Gasteiger charge is 2.58. The van der Waals surface area contributed by atoms with Gasteiger partial charge in [0.15, 0.2) is 0 Å². The summed E-state index contributed by atoms with van der Waals surface area (Å²) < 4.78 is 18.5. The third kappa shape index (κ3) is 5.02. The number of benzene rings is 2. The second kappa shape index (κ2) is 10.3. The number of hydrogen-bond donors (Lipinski definition) is 2. The van der Waals surface area contributed by atoms with Crippen molar-refractivity contribution in [2.75, 3.05) is 13.7 Å². The van der Waals surface area contributed by atoms with Crippen molar-refractivity contribution >= 4 is 29.1 Å². The molecule has 0 spiro atoms. The van der Waals surface area contributed by atoms with Crippen LogP contribution in [0.4, 0.5) is 4.39 Å². The first kappa shape index (κ1) is 27.3. The molecule has 4 saturated carbocycles. The number of hydrogen-bond acceptors (Lipinski definition) is 6. The molecule has 218 valence electrons. The van der Waals surface area contributed by atoms with Gasteiger partial charge in [-0.25, -0.2) is 9.18 Å². The predicted octanol–water partition coefficient (Wildman–Crippen LogP) is 5.29. The van der Waals surface area contributed by atoms with Gasteiger partial charge in [0.25, 0.3) is 5.91 Å². The van der Waals surface area contributed by atoms with E-state index in [9.17, 15) is 18.8 Å². The van der Waals surface area contributed by atoms with Crippen LogP contribution in [0.3, 0.4) is 0 Å². The van der Waals surface area contributed by atoms with Crippen LogP contribution in [-0.4, -0.2) is 47.4 Å². The molecule has 1 aromatic heterocycles. The molecule has 2 aromatic carbocycles. The lowest BCUT2D eigenvalue weighted by Crippen LogP contribution is -2.69. The Labute approximate surface area is 248 Å². The fourth-order valence-corrected chi connectivity index (χ4v) is 9.23. The lowest BCUT2D eigenvalue weighted by molar-refractivity contribution is -0.132. The van der Waals surface area contributed by atoms with Crippen molar-refractivity contribution in [1.82, 2.24) is 15.5 Å². The van der Waals surface area contributed by atoms with Crippen LogP contribution in [0.5, 0.6) is 0 Å². The summed E-state index contributed by atoms with van der Waals surface area (Å²) in [5.41, 5.74) is 3.53. The van der Waals surface area contributed by atoms with Crippen molar-refractivity contribution in [3.8, 4) is 10.4 Å². The fourth-order valence-electron chi connectivity index (χ4n) is 8.34. The lowest BCUT2D eigenvalue weighted by Gasteiger charge is -2.62. The summed E-state index contributed by atoms with van der Waals surface area (Å²) >= 11 is 1.47. The predicted molar refractivity (Wildman–Crippen MR) is 157 cm³/mol. The van der Waals surface area contributed by atoms with Crippen LogP contribution in [0.1, 0.15) is 70.4 Å². The number of fused-ring (bicyclic) bond motifs is 1. The Balaban J connectivity index is 1.01. The highest BCUT2D eigenvalue weighted by atomic mass is 32.1. The van der Waals surface area contributed by atoms with Crippen LogP contribution in [0, 0.1) is 17.7 Å². The van der Waals surface area contributed by atoms with Gasteiger partial charge in [-0.05, 0) is 97.4 Å². The zero-order valence-corrected chi connectivity index (χ0v) is 24.4. The molecular weight excluding hydrogens is 553 g/mol. The van der Waals surface area contributed by atoms with E-state index in [4.69, 9.17) is 4.74 Å². The standard InChI is InChI=1S/C33H34FN3O4S/c1-41-31(40)26-10-28(42-18-26)22-2-4-23(5-3-22)30(39)36-33-13-20-8-21(14-33)12-32(11-20,19-33)35-15-29(38)37-16-24-6-7-27(34)9-25(24)17-37/h2-7,9-10,18,20-21,35H,8,11-17,19H2,1H3,(H,36,39). The van der Waals surface area contributed by atoms with E-state index in [1.54, 1.807) is 22.4 Å². The lowest BCUT2D eigenvalue weighted by atomic mass is 9.50. The smallest absolute Gasteiger partial charge is 0.338 e. The number of amides is 2. The third-order valence-electron chi connectivity index (χ3n) is 9.75. The highest BCUT2D eigenvalue weighted by Crippen LogP contribution is 2.57. The molecule has 0 saturated heterocycles. The second-order valence-electron chi connectivity index (χ2n) is 12.8. The van der Waals surface area contributed by atoms with Gasteiger partial charge < -0.3 is 20.3 Å². The molecular formula is C33H34FN3O4S. The van der Waals surface area contributed by atoms with Crippen molar-refractivity contribution in [1.29, 1.82) is 0 Å². The number of halogens is 1. The molecule has 5 aliphatic rings. The molecule has 4 fully saturated rings. The number of methoxy groups -OCH3 is 1. The van der Waals surface area contributed by atoms with Crippen molar-refractivity contribution in [3.63, 3.8) is 0 Å². The van der Waals surface area contributed by atoms with Crippen LogP contribution in [0.15, 0.2) is 53.9 Å². The summed E-state index contributed by atoms with van der Waals surface area (Å²) in [4.78, 5) is 41.2. The van der Waals surface area contributed by atoms with Crippen molar-refractivity contribution < 1.29 is 23.5 Å². The Morgan fingerprint density at radius 1 is 0.952 bits per heavy atom. The van der Waals surface area contributed by atoms with Gasteiger partial charge in [-0.1, -0.05) is 18.2 Å². The van der Waals surface area contributed by atoms with Gasteiger partial charge in [0.1, 0.15) is 5.82 Å². The Kier molecular flexibility index (Phi) is 6.70. The number of carbonyl (C=O) groups is 3. The number of ether oxygens (including phenoxy) is 1. The number of nitrogens with one attached hydrogen (secondary N) is 2. The Morgan fingerprint density at radius 2 is 1.67 bits per heavy atom. The maximum atomic E-state index is 13.7. The summed E-state index contributed by atoms with van der Waals surface area (Å²) in [5.74, 6) is 0.383. The average molecular weight is 588 g/mol. The first-order valence-corrected chi connectivity index (χ1v) is 15.5. The minimum absolute atomic E-state index is 0.0324. The minimum Gasteiger partial charge on any atom is -0.465 e. The molecule has 9 heteroatoms. The highest BCUT2D eigenvalue weighted by molar-refractivity contribution is 7.13. The molecule has 7 nitrogen and oxygen atoms in total. The maximum Gasteiger partial charge on any atom is 0.338 e. The first-order valence-electron chi connectivity index (χ1n) is 14.6. The summed E-state index contributed by atoms with van der Waals surface area (Å²) in [6, 6.07) is 14.1. The third-order valence-corrected chi connectivity index (χ3v) is 10.7. The van der Waals surface area contributed by atoms with Gasteiger partial charge in [0.2, 0.25) is 5.91 Å². The fraction of sp³-hybridized carbons (Fsp3) is 0.424. The van der Waals surface area contributed by atoms with Crippen LogP contribution >= 0.6 is 11.3 Å². The van der Waals surface area contributed by atoms with Gasteiger partial charge in [-0.15, -0.1) is 11.3 Å². The molecule has 2 N–H and O–H groups in total. The molecule has 2 heterocycles. The van der Waals surface area contributed by atoms with Gasteiger partial charge in [-0.2, -0.15) is 0 Å². The number of carbonyl (C=O) groups excluding carboxylic acids is 3. The first-order chi connectivity index (χ1) is 20.2. The van der Waals surface area contributed by atoms with Crippen LogP contribution in [0.2, 0.25) is 0 Å². The van der Waals surface area contributed by atoms with E-state index in [0.717, 1.165) is 53.7 Å². The molecule has 4 aliphatic carbocycles. The number of thiophene rings is 1. The normalized spacial score (nSPS) is 27.1. The molecule has 2 atom stereocenters. The number of esters is 1. The summed E-state index contributed by atoms with van der Waals surface area (Å²) in [5, 5.41) is 8.89. The van der Waals surface area contributed by atoms with Crippen LogP contribution in [0.25, 0.3) is 10.4 Å². The average Bonchev–Trinajstić information content (AvgIpc) is 3.62. The van der Waals surface area contributed by atoms with E-state index >= 15 is 0 Å². The quantitative estimate of drug-likeness (QED) is 0.367. The Morgan fingerprint density at radius 3 is 2.40 bits per heavy atom. The molecule has 2 amide bonds. The van der Waals surface area contributed by atoms with Gasteiger partial charge >= 0.3 is 5.97 Å². The topological polar surface area (TPSA) is 87.7 Å². The zero-order valence-electron chi connectivity index (χ0n) is 23.6. The SMILES string of the molecule is COC(=O)c1csc(-c2ccc(C(=O)NC34CC5CC(CC(NCC(=O)N6Cc7ccc(F)cc7C6)(C5)C3)C4)cc2)c1. The van der Waals surface area contributed by atoms with Crippen molar-refractivity contribution in [2.45, 2.75) is 62.7 Å². The Bertz CT molecular complexity index is 1550. The molecule has 1 aliphatic heterocycles. The van der Waals surface area contributed by atoms with E-state index in [-0.39, 0.29) is 41.2 Å². The van der Waals surface area contributed by atoms with E-state index in [2.05, 4.69) is 10.6 Å². The monoisotopic (exact) mass is 587 g/mol. The molecule has 8 rings (SSSR count). The zero-order chi connectivity index (χ0) is 29.1. The Hall–Kier alpha value is -3.56. The van der Waals surface area contributed by atoms with Gasteiger partial charge in [0, 0.05) is 40.0 Å². The maximum absolute atomic E-state index is 13.7. The van der Waals surface area contributed by atoms with Gasteiger partial charge in [-0.3, -0.25) is 9.59 Å². The van der Waals surface area contributed by atoms with E-state index < -0.39 is 0 Å². The van der Waals surface area contributed by atoms with E-state index in [1.165, 1.54) is 37.0 Å². The number of nitrogens with zero attached hydrogens (tertiary/aromatic N) is 1. The van der Waals surface area contributed by atoms with Crippen LogP contribution in [-0.2, 0) is 22.6 Å². The number of rotatable bonds is 7. The molecule has 0 radical (unpaired) electrons. The summed E-state index contributed by atoms with van der Waals surface area (Å²) in [6.45, 7) is 1.22. The van der Waals surface area contributed by atoms with Gasteiger partial charge in [0.05, 0.1) is 19.2 Å². The molecule has 42 heavy (non-hydrogen) atoms. The summed E-state index contributed by atoms with van der Waals surface area (Å²) in [6.07, 6.45) is 6.02. The van der Waals surface area contributed by atoms with E-state index in [0.29, 0.717) is 36.1 Å². The van der Waals surface area contributed by atoms with Crippen molar-refractivity contribution in [3.05, 3.63) is 82.0 Å². The second-order valence-corrected chi connectivity index (χ2v) is 13.7. The summed E-state index contributed by atoms with van der Waals surface area (Å²) in [7, 11) is 1.37. The molecule has 2 unspecified atom stereocenters. The van der Waals surface area contributed by atoms with Crippen molar-refractivity contribution in [2.24, 2.45) is 11.8 Å². The largest absolute Gasteiger partial charge is 0.465 e.